The third kappa shape index (κ3) is 3.87. The molecule has 1 atom stereocenters. The number of halogens is 1. The molecule has 0 bridgehead atoms. The van der Waals surface area contributed by atoms with E-state index in [1.54, 1.807) is 0 Å². The highest BCUT2D eigenvalue weighted by Gasteiger charge is 2.24. The van der Waals surface area contributed by atoms with E-state index in [9.17, 15) is 4.79 Å². The smallest absolute Gasteiger partial charge is 0.255 e. The van der Waals surface area contributed by atoms with Crippen molar-refractivity contribution in [3.8, 4) is 5.75 Å². The van der Waals surface area contributed by atoms with E-state index in [0.29, 0.717) is 17.2 Å². The first-order valence-corrected chi connectivity index (χ1v) is 7.06. The third-order valence-corrected chi connectivity index (χ3v) is 3.70. The number of carbonyl (C=O) groups excluding carboxylic acids is 1. The van der Waals surface area contributed by atoms with Crippen LogP contribution in [0.3, 0.4) is 0 Å². The molecule has 2 N–H and O–H groups in total. The molecule has 1 heterocycles. The summed E-state index contributed by atoms with van der Waals surface area (Å²) in [6.45, 7) is 2.57. The predicted octanol–water partition coefficient (Wildman–Crippen LogP) is 1.99. The van der Waals surface area contributed by atoms with E-state index < -0.39 is 0 Å². The molecule has 1 saturated carbocycles. The van der Waals surface area contributed by atoms with E-state index in [1.165, 1.54) is 12.8 Å². The second-order valence-electron chi connectivity index (χ2n) is 5.41. The lowest BCUT2D eigenvalue weighted by atomic mass is 10.1. The molecule has 20 heavy (non-hydrogen) atoms. The molecule has 1 aliphatic heterocycles. The standard InChI is InChI=1S/C15H20N2O2.ClH/c18-15(17-12-7-8-16-9-12)13-3-1-2-4-14(13)19-10-11-5-6-11;/h1-4,11-12,16H,5-10H2,(H,17,18);1H. The number of benzene rings is 1. The van der Waals surface area contributed by atoms with Crippen LogP contribution in [0.25, 0.3) is 0 Å². The molecule has 0 radical (unpaired) electrons. The Bertz CT molecular complexity index is 457. The monoisotopic (exact) mass is 296 g/mol. The van der Waals surface area contributed by atoms with Gasteiger partial charge in [-0.05, 0) is 43.9 Å². The van der Waals surface area contributed by atoms with Gasteiger partial charge in [0.1, 0.15) is 5.75 Å². The van der Waals surface area contributed by atoms with E-state index in [-0.39, 0.29) is 24.4 Å². The van der Waals surface area contributed by atoms with Gasteiger partial charge >= 0.3 is 0 Å². The van der Waals surface area contributed by atoms with Crippen LogP contribution < -0.4 is 15.4 Å². The highest BCUT2D eigenvalue weighted by molar-refractivity contribution is 5.97. The fraction of sp³-hybridized carbons (Fsp3) is 0.533. The zero-order chi connectivity index (χ0) is 13.1. The fourth-order valence-corrected chi connectivity index (χ4v) is 2.31. The van der Waals surface area contributed by atoms with Crippen LogP contribution in [-0.4, -0.2) is 31.6 Å². The van der Waals surface area contributed by atoms with Gasteiger partial charge < -0.3 is 15.4 Å². The number of hydrogen-bond donors (Lipinski definition) is 2. The number of carbonyl (C=O) groups is 1. The molecular formula is C15H21ClN2O2. The van der Waals surface area contributed by atoms with E-state index in [2.05, 4.69) is 10.6 Å². The molecule has 1 unspecified atom stereocenters. The Labute approximate surface area is 125 Å². The SMILES string of the molecule is Cl.O=C(NC1CCNC1)c1ccccc1OCC1CC1. The summed E-state index contributed by atoms with van der Waals surface area (Å²) in [5, 5.41) is 6.30. The van der Waals surface area contributed by atoms with Crippen molar-refractivity contribution in [1.82, 2.24) is 10.6 Å². The minimum Gasteiger partial charge on any atom is -0.492 e. The highest BCUT2D eigenvalue weighted by atomic mass is 35.5. The van der Waals surface area contributed by atoms with Crippen LogP contribution in [0.1, 0.15) is 29.6 Å². The lowest BCUT2D eigenvalue weighted by Crippen LogP contribution is -2.36. The van der Waals surface area contributed by atoms with Crippen molar-refractivity contribution in [3.63, 3.8) is 0 Å². The topological polar surface area (TPSA) is 50.4 Å². The Balaban J connectivity index is 0.00000147. The molecule has 110 valence electrons. The van der Waals surface area contributed by atoms with Crippen LogP contribution in [0.2, 0.25) is 0 Å². The van der Waals surface area contributed by atoms with Crippen molar-refractivity contribution in [1.29, 1.82) is 0 Å². The summed E-state index contributed by atoms with van der Waals surface area (Å²) < 4.78 is 5.77. The second kappa shape index (κ2) is 6.95. The van der Waals surface area contributed by atoms with Crippen LogP contribution in [0, 0.1) is 5.92 Å². The van der Waals surface area contributed by atoms with Gasteiger partial charge in [-0.2, -0.15) is 0 Å². The maximum atomic E-state index is 12.3. The van der Waals surface area contributed by atoms with E-state index in [0.717, 1.165) is 26.1 Å². The summed E-state index contributed by atoms with van der Waals surface area (Å²) in [5.74, 6) is 1.37. The van der Waals surface area contributed by atoms with Crippen molar-refractivity contribution in [3.05, 3.63) is 29.8 Å². The highest BCUT2D eigenvalue weighted by Crippen LogP contribution is 2.30. The molecule has 1 amide bonds. The fourth-order valence-electron chi connectivity index (χ4n) is 2.31. The largest absolute Gasteiger partial charge is 0.492 e. The van der Waals surface area contributed by atoms with Crippen LogP contribution in [-0.2, 0) is 0 Å². The van der Waals surface area contributed by atoms with Gasteiger partial charge in [0.25, 0.3) is 5.91 Å². The molecule has 0 spiro atoms. The van der Waals surface area contributed by atoms with Crippen molar-refractivity contribution >= 4 is 18.3 Å². The average Bonchev–Trinajstić information content (AvgIpc) is 3.13. The molecule has 0 aromatic heterocycles. The first-order valence-electron chi connectivity index (χ1n) is 7.06. The normalized spacial score (nSPS) is 21.1. The molecule has 1 saturated heterocycles. The summed E-state index contributed by atoms with van der Waals surface area (Å²) in [5.41, 5.74) is 0.648. The van der Waals surface area contributed by atoms with Crippen LogP contribution in [0.5, 0.6) is 5.75 Å². The Morgan fingerprint density at radius 1 is 1.30 bits per heavy atom. The number of amides is 1. The Morgan fingerprint density at radius 3 is 2.80 bits per heavy atom. The van der Waals surface area contributed by atoms with Crippen LogP contribution in [0.4, 0.5) is 0 Å². The van der Waals surface area contributed by atoms with Gasteiger partial charge in [0, 0.05) is 12.6 Å². The summed E-state index contributed by atoms with van der Waals surface area (Å²) >= 11 is 0. The summed E-state index contributed by atoms with van der Waals surface area (Å²) in [6.07, 6.45) is 3.50. The summed E-state index contributed by atoms with van der Waals surface area (Å²) in [4.78, 5) is 12.3. The first kappa shape index (κ1) is 15.1. The molecule has 2 aliphatic rings. The molecular weight excluding hydrogens is 276 g/mol. The summed E-state index contributed by atoms with van der Waals surface area (Å²) in [6, 6.07) is 7.75. The van der Waals surface area contributed by atoms with Crippen molar-refractivity contribution in [2.45, 2.75) is 25.3 Å². The third-order valence-electron chi connectivity index (χ3n) is 3.70. The van der Waals surface area contributed by atoms with Crippen molar-refractivity contribution in [2.75, 3.05) is 19.7 Å². The molecule has 4 nitrogen and oxygen atoms in total. The molecule has 2 fully saturated rings. The molecule has 1 aromatic carbocycles. The molecule has 3 rings (SSSR count). The lowest BCUT2D eigenvalue weighted by molar-refractivity contribution is 0.0935. The average molecular weight is 297 g/mol. The minimum absolute atomic E-state index is 0. The Hall–Kier alpha value is -1.26. The van der Waals surface area contributed by atoms with Gasteiger partial charge in [-0.1, -0.05) is 12.1 Å². The maximum absolute atomic E-state index is 12.3. The van der Waals surface area contributed by atoms with Gasteiger partial charge in [0.15, 0.2) is 0 Å². The van der Waals surface area contributed by atoms with Crippen molar-refractivity contribution < 1.29 is 9.53 Å². The predicted molar refractivity (Wildman–Crippen MR) is 80.6 cm³/mol. The zero-order valence-corrected chi connectivity index (χ0v) is 12.2. The van der Waals surface area contributed by atoms with Crippen molar-refractivity contribution in [2.24, 2.45) is 5.92 Å². The molecule has 5 heteroatoms. The lowest BCUT2D eigenvalue weighted by Gasteiger charge is -2.14. The number of hydrogen-bond acceptors (Lipinski definition) is 3. The van der Waals surface area contributed by atoms with Crippen LogP contribution in [0.15, 0.2) is 24.3 Å². The van der Waals surface area contributed by atoms with Gasteiger partial charge in [-0.25, -0.2) is 0 Å². The number of nitrogens with one attached hydrogen (secondary N) is 2. The van der Waals surface area contributed by atoms with E-state index in [1.807, 2.05) is 24.3 Å². The van der Waals surface area contributed by atoms with E-state index >= 15 is 0 Å². The van der Waals surface area contributed by atoms with Gasteiger partial charge in [-0.3, -0.25) is 4.79 Å². The number of para-hydroxylation sites is 1. The Morgan fingerprint density at radius 2 is 2.10 bits per heavy atom. The zero-order valence-electron chi connectivity index (χ0n) is 11.4. The molecule has 1 aliphatic carbocycles. The molecule has 1 aromatic rings. The van der Waals surface area contributed by atoms with Gasteiger partial charge in [0.05, 0.1) is 12.2 Å². The maximum Gasteiger partial charge on any atom is 0.255 e. The minimum atomic E-state index is -0.0277. The summed E-state index contributed by atoms with van der Waals surface area (Å²) in [7, 11) is 0. The van der Waals surface area contributed by atoms with Crippen LogP contribution >= 0.6 is 12.4 Å². The number of ether oxygens (including phenoxy) is 1. The second-order valence-corrected chi connectivity index (χ2v) is 5.41. The quantitative estimate of drug-likeness (QED) is 0.874. The first-order chi connectivity index (χ1) is 9.33. The number of rotatable bonds is 5. The van der Waals surface area contributed by atoms with E-state index in [4.69, 9.17) is 4.74 Å². The Kier molecular flexibility index (Phi) is 5.26. The van der Waals surface area contributed by atoms with Gasteiger partial charge in [0.2, 0.25) is 0 Å². The van der Waals surface area contributed by atoms with Gasteiger partial charge in [-0.15, -0.1) is 12.4 Å².